The molecule has 7 nitrogen and oxygen atoms in total. The molecule has 1 fully saturated rings. The molecular formula is C25H22BClF3N5O2S. The quantitative estimate of drug-likeness (QED) is 0.355. The topological polar surface area (TPSA) is 79.6 Å². The molecule has 0 unspecified atom stereocenters. The van der Waals surface area contributed by atoms with Gasteiger partial charge in [-0.3, -0.25) is 0 Å². The number of hydrogen-bond acceptors (Lipinski definition) is 5. The van der Waals surface area contributed by atoms with E-state index in [9.17, 15) is 21.6 Å². The van der Waals surface area contributed by atoms with Gasteiger partial charge in [-0.2, -0.15) is 27.1 Å². The summed E-state index contributed by atoms with van der Waals surface area (Å²) >= 11 is 6.37. The highest BCUT2D eigenvalue weighted by Crippen LogP contribution is 2.36. The monoisotopic (exact) mass is 559 g/mol. The zero-order valence-corrected chi connectivity index (χ0v) is 21.6. The number of nitrogens with one attached hydrogen (secondary N) is 1. The third-order valence-electron chi connectivity index (χ3n) is 6.60. The fraction of sp³-hybridized carbons (Fsp3) is 0.280. The van der Waals surface area contributed by atoms with Crippen LogP contribution in [0, 0.1) is 5.92 Å². The molecule has 5 rings (SSSR count). The molecule has 0 atom stereocenters. The Kier molecular flexibility index (Phi) is 7.14. The van der Waals surface area contributed by atoms with E-state index < -0.39 is 26.7 Å². The van der Waals surface area contributed by atoms with Crippen molar-refractivity contribution in [2.75, 3.05) is 25.0 Å². The highest BCUT2D eigenvalue weighted by Gasteiger charge is 2.39. The van der Waals surface area contributed by atoms with Crippen LogP contribution in [0.5, 0.6) is 0 Å². The van der Waals surface area contributed by atoms with E-state index in [-0.39, 0.29) is 19.0 Å². The van der Waals surface area contributed by atoms with Crippen molar-refractivity contribution in [3.8, 4) is 11.3 Å². The maximum Gasteiger partial charge on any atom is 0.417 e. The van der Waals surface area contributed by atoms with Gasteiger partial charge in [0.05, 0.1) is 16.2 Å². The average molecular weight is 560 g/mol. The number of sulfonamides is 1. The summed E-state index contributed by atoms with van der Waals surface area (Å²) in [6.45, 7) is 0.728. The second kappa shape index (κ2) is 10.2. The lowest BCUT2D eigenvalue weighted by Gasteiger charge is -2.32. The zero-order valence-electron chi connectivity index (χ0n) is 20.0. The molecule has 0 bridgehead atoms. The number of piperidine rings is 1. The van der Waals surface area contributed by atoms with Crippen molar-refractivity contribution >= 4 is 46.4 Å². The van der Waals surface area contributed by atoms with Crippen LogP contribution in [0.25, 0.3) is 16.9 Å². The third-order valence-corrected chi connectivity index (χ3v) is 8.89. The summed E-state index contributed by atoms with van der Waals surface area (Å²) in [5, 5.41) is 8.20. The van der Waals surface area contributed by atoms with E-state index in [1.165, 1.54) is 18.3 Å². The Morgan fingerprint density at radius 1 is 1.08 bits per heavy atom. The van der Waals surface area contributed by atoms with Gasteiger partial charge in [0.2, 0.25) is 10.0 Å². The molecule has 38 heavy (non-hydrogen) atoms. The number of aromatic nitrogens is 3. The molecule has 3 heterocycles. The summed E-state index contributed by atoms with van der Waals surface area (Å²) < 4.78 is 69.1. The van der Waals surface area contributed by atoms with Gasteiger partial charge in [-0.05, 0) is 42.4 Å². The van der Waals surface area contributed by atoms with Gasteiger partial charge in [-0.15, -0.1) is 0 Å². The molecule has 4 aromatic rings. The number of anilines is 1. The summed E-state index contributed by atoms with van der Waals surface area (Å²) in [4.78, 5) is 3.89. The summed E-state index contributed by atoms with van der Waals surface area (Å²) in [5.74, 6) is 0.718. The molecule has 1 aliphatic rings. The van der Waals surface area contributed by atoms with Crippen molar-refractivity contribution in [3.05, 3.63) is 71.4 Å². The van der Waals surface area contributed by atoms with E-state index in [0.717, 1.165) is 22.0 Å². The maximum absolute atomic E-state index is 13.4. The first-order valence-corrected chi connectivity index (χ1v) is 13.7. The first kappa shape index (κ1) is 26.5. The van der Waals surface area contributed by atoms with Crippen LogP contribution in [0.4, 0.5) is 19.0 Å². The normalized spacial score (nSPS) is 15.7. The zero-order chi connectivity index (χ0) is 27.1. The first-order chi connectivity index (χ1) is 18.1. The number of halogens is 4. The standard InChI is InChI=1S/C25H22BClF3N5O2S/c26-19-15-32-35-23(13-21(33-24(19)35)17-5-1-3-7-20(17)27)31-14-16-9-11-34(12-10-16)38(36,37)22-8-4-2-6-18(22)25(28,29)30/h1-8,13,15-16,31H,9-12,14H2. The number of alkyl halides is 3. The maximum atomic E-state index is 13.4. The van der Waals surface area contributed by atoms with Gasteiger partial charge in [0, 0.05) is 42.5 Å². The van der Waals surface area contributed by atoms with Crippen molar-refractivity contribution < 1.29 is 21.6 Å². The third kappa shape index (κ3) is 5.12. The fourth-order valence-electron chi connectivity index (χ4n) is 4.58. The number of rotatable bonds is 6. The Hall–Kier alpha value is -3.09. The summed E-state index contributed by atoms with van der Waals surface area (Å²) in [7, 11) is 1.78. The Morgan fingerprint density at radius 2 is 1.76 bits per heavy atom. The minimum Gasteiger partial charge on any atom is -0.370 e. The first-order valence-electron chi connectivity index (χ1n) is 11.8. The molecule has 13 heteroatoms. The van der Waals surface area contributed by atoms with E-state index in [2.05, 4.69) is 15.4 Å². The van der Waals surface area contributed by atoms with Crippen LogP contribution in [0.2, 0.25) is 5.02 Å². The Labute approximate surface area is 224 Å². The van der Waals surface area contributed by atoms with Gasteiger partial charge in [0.25, 0.3) is 0 Å². The summed E-state index contributed by atoms with van der Waals surface area (Å²) in [5.41, 5.74) is 1.06. The van der Waals surface area contributed by atoms with Crippen molar-refractivity contribution in [3.63, 3.8) is 0 Å². The van der Waals surface area contributed by atoms with Crippen LogP contribution in [0.15, 0.2) is 65.7 Å². The molecule has 0 aliphatic carbocycles. The van der Waals surface area contributed by atoms with Crippen molar-refractivity contribution in [2.45, 2.75) is 23.9 Å². The van der Waals surface area contributed by atoms with Gasteiger partial charge >= 0.3 is 6.18 Å². The lowest BCUT2D eigenvalue weighted by molar-refractivity contribution is -0.139. The lowest BCUT2D eigenvalue weighted by Crippen LogP contribution is -2.40. The van der Waals surface area contributed by atoms with Gasteiger partial charge in [0.15, 0.2) is 5.65 Å². The Bertz CT molecular complexity index is 1590. The van der Waals surface area contributed by atoms with E-state index in [0.29, 0.717) is 47.0 Å². The molecule has 1 aliphatic heterocycles. The van der Waals surface area contributed by atoms with Crippen LogP contribution >= 0.6 is 11.6 Å². The molecular weight excluding hydrogens is 538 g/mol. The van der Waals surface area contributed by atoms with E-state index in [4.69, 9.17) is 19.4 Å². The molecule has 2 aromatic carbocycles. The summed E-state index contributed by atoms with van der Waals surface area (Å²) in [6.07, 6.45) is -2.30. The largest absolute Gasteiger partial charge is 0.417 e. The van der Waals surface area contributed by atoms with Gasteiger partial charge in [-0.1, -0.05) is 41.9 Å². The second-order valence-corrected chi connectivity index (χ2v) is 11.4. The Morgan fingerprint density at radius 3 is 2.47 bits per heavy atom. The van der Waals surface area contributed by atoms with E-state index in [1.54, 1.807) is 10.6 Å². The highest BCUT2D eigenvalue weighted by molar-refractivity contribution is 7.89. The molecule has 0 amide bonds. The average Bonchev–Trinajstić information content (AvgIpc) is 3.28. The molecule has 2 radical (unpaired) electrons. The molecule has 1 saturated heterocycles. The molecule has 196 valence electrons. The SMILES string of the molecule is [B]c1cnn2c(NCC3CCN(S(=O)(=O)c4ccccc4C(F)(F)F)CC3)cc(-c3ccccc3Cl)nc12. The minimum absolute atomic E-state index is 0.0826. The van der Waals surface area contributed by atoms with Gasteiger partial charge in [0.1, 0.15) is 13.7 Å². The predicted molar refractivity (Wildman–Crippen MR) is 140 cm³/mol. The van der Waals surface area contributed by atoms with Crippen LogP contribution in [0.1, 0.15) is 18.4 Å². The van der Waals surface area contributed by atoms with Crippen LogP contribution in [0.3, 0.4) is 0 Å². The van der Waals surface area contributed by atoms with Gasteiger partial charge < -0.3 is 5.32 Å². The van der Waals surface area contributed by atoms with Gasteiger partial charge in [-0.25, -0.2) is 13.4 Å². The smallest absolute Gasteiger partial charge is 0.370 e. The molecule has 1 N–H and O–H groups in total. The highest BCUT2D eigenvalue weighted by atomic mass is 35.5. The van der Waals surface area contributed by atoms with E-state index in [1.807, 2.05) is 24.3 Å². The number of fused-ring (bicyclic) bond motifs is 1. The van der Waals surface area contributed by atoms with Crippen molar-refractivity contribution in [1.82, 2.24) is 18.9 Å². The number of benzene rings is 2. The Balaban J connectivity index is 1.31. The predicted octanol–water partition coefficient (Wildman–Crippen LogP) is 4.38. The lowest BCUT2D eigenvalue weighted by atomic mass is 9.98. The van der Waals surface area contributed by atoms with Crippen molar-refractivity contribution in [2.24, 2.45) is 5.92 Å². The molecule has 2 aromatic heterocycles. The summed E-state index contributed by atoms with van der Waals surface area (Å²) in [6, 6.07) is 13.4. The number of hydrogen-bond donors (Lipinski definition) is 1. The van der Waals surface area contributed by atoms with Crippen LogP contribution < -0.4 is 10.8 Å². The van der Waals surface area contributed by atoms with Crippen LogP contribution in [-0.2, 0) is 16.2 Å². The molecule has 0 saturated carbocycles. The number of nitrogens with zero attached hydrogens (tertiary/aromatic N) is 4. The minimum atomic E-state index is -4.76. The fourth-order valence-corrected chi connectivity index (χ4v) is 6.49. The van der Waals surface area contributed by atoms with E-state index >= 15 is 0 Å². The molecule has 0 spiro atoms. The van der Waals surface area contributed by atoms with Crippen LogP contribution in [-0.4, -0.2) is 54.8 Å². The second-order valence-electron chi connectivity index (χ2n) is 9.06. The van der Waals surface area contributed by atoms with Crippen molar-refractivity contribution in [1.29, 1.82) is 0 Å².